The van der Waals surface area contributed by atoms with Gasteiger partial charge in [0.05, 0.1) is 0 Å². The van der Waals surface area contributed by atoms with Gasteiger partial charge in [0.1, 0.15) is 5.82 Å². The van der Waals surface area contributed by atoms with E-state index in [1.807, 2.05) is 11.4 Å². The minimum absolute atomic E-state index is 0.105. The zero-order valence-corrected chi connectivity index (χ0v) is 12.8. The number of rotatable bonds is 5. The average molecular weight is 358 g/mol. The van der Waals surface area contributed by atoms with Crippen LogP contribution >= 0.6 is 27.3 Å². The van der Waals surface area contributed by atoms with Gasteiger partial charge in [-0.3, -0.25) is 0 Å². The molecular weight excluding hydrogens is 345 g/mol. The number of hydrogen-bond donors (Lipinski definition) is 3. The molecule has 0 radical (unpaired) electrons. The van der Waals surface area contributed by atoms with Crippen LogP contribution in [0.5, 0.6) is 0 Å². The van der Waals surface area contributed by atoms with Crippen LogP contribution in [0.4, 0.5) is 4.39 Å². The van der Waals surface area contributed by atoms with Crippen LogP contribution < -0.4 is 11.1 Å². The Balaban J connectivity index is 1.96. The summed E-state index contributed by atoms with van der Waals surface area (Å²) in [6.45, 7) is 1.09. The van der Waals surface area contributed by atoms with Crippen LogP contribution in [0.2, 0.25) is 0 Å². The molecule has 0 aliphatic heterocycles. The zero-order chi connectivity index (χ0) is 14.5. The SMILES string of the molecule is NC(=NO)c1ccc(CNCc2cc(Br)cs2)c(F)c1. The second kappa shape index (κ2) is 6.83. The van der Waals surface area contributed by atoms with Gasteiger partial charge in [-0.15, -0.1) is 11.3 Å². The summed E-state index contributed by atoms with van der Waals surface area (Å²) in [5, 5.41) is 16.6. The van der Waals surface area contributed by atoms with Crippen LogP contribution in [0.15, 0.2) is 39.3 Å². The first-order valence-electron chi connectivity index (χ1n) is 5.80. The van der Waals surface area contributed by atoms with E-state index in [4.69, 9.17) is 10.9 Å². The number of hydrogen-bond acceptors (Lipinski definition) is 4. The molecule has 0 saturated heterocycles. The van der Waals surface area contributed by atoms with Crippen molar-refractivity contribution in [1.29, 1.82) is 0 Å². The smallest absolute Gasteiger partial charge is 0.170 e. The van der Waals surface area contributed by atoms with Gasteiger partial charge in [0.25, 0.3) is 0 Å². The van der Waals surface area contributed by atoms with E-state index < -0.39 is 0 Å². The van der Waals surface area contributed by atoms with Crippen LogP contribution in [0.3, 0.4) is 0 Å². The summed E-state index contributed by atoms with van der Waals surface area (Å²) in [6.07, 6.45) is 0. The van der Waals surface area contributed by atoms with Crippen molar-refractivity contribution in [1.82, 2.24) is 5.32 Å². The molecule has 2 rings (SSSR count). The first kappa shape index (κ1) is 15.0. The summed E-state index contributed by atoms with van der Waals surface area (Å²) < 4.78 is 14.9. The fourth-order valence-electron chi connectivity index (χ4n) is 1.67. The van der Waals surface area contributed by atoms with Gasteiger partial charge in [-0.1, -0.05) is 17.3 Å². The molecule has 0 amide bonds. The van der Waals surface area contributed by atoms with Gasteiger partial charge in [0.2, 0.25) is 0 Å². The maximum Gasteiger partial charge on any atom is 0.170 e. The predicted octanol–water partition coefficient (Wildman–Crippen LogP) is 3.03. The minimum Gasteiger partial charge on any atom is -0.409 e. The van der Waals surface area contributed by atoms with E-state index in [9.17, 15) is 4.39 Å². The summed E-state index contributed by atoms with van der Waals surface area (Å²) in [5.74, 6) is -0.485. The van der Waals surface area contributed by atoms with E-state index in [-0.39, 0.29) is 11.7 Å². The summed E-state index contributed by atoms with van der Waals surface area (Å²) in [5.41, 5.74) is 6.30. The first-order valence-corrected chi connectivity index (χ1v) is 7.47. The topological polar surface area (TPSA) is 70.6 Å². The third-order valence-corrected chi connectivity index (χ3v) is 4.39. The molecule has 4 N–H and O–H groups in total. The van der Waals surface area contributed by atoms with Gasteiger partial charge >= 0.3 is 0 Å². The Hall–Kier alpha value is -1.44. The molecule has 0 bridgehead atoms. The van der Waals surface area contributed by atoms with Crippen molar-refractivity contribution in [3.05, 3.63) is 55.9 Å². The molecule has 2 aromatic rings. The normalized spacial score (nSPS) is 11.8. The maximum absolute atomic E-state index is 13.8. The Labute approximate surface area is 128 Å². The van der Waals surface area contributed by atoms with Crippen LogP contribution in [0, 0.1) is 5.82 Å². The molecule has 0 atom stereocenters. The Kier molecular flexibility index (Phi) is 5.11. The highest BCUT2D eigenvalue weighted by molar-refractivity contribution is 9.10. The van der Waals surface area contributed by atoms with Crippen molar-refractivity contribution in [3.8, 4) is 0 Å². The summed E-state index contributed by atoms with van der Waals surface area (Å²) in [4.78, 5) is 1.17. The Morgan fingerprint density at radius 3 is 2.80 bits per heavy atom. The highest BCUT2D eigenvalue weighted by Gasteiger charge is 2.06. The summed E-state index contributed by atoms with van der Waals surface area (Å²) in [6, 6.07) is 6.53. The number of oxime groups is 1. The van der Waals surface area contributed by atoms with Crippen molar-refractivity contribution in [3.63, 3.8) is 0 Å². The summed E-state index contributed by atoms with van der Waals surface area (Å²) in [7, 11) is 0. The van der Waals surface area contributed by atoms with E-state index in [1.54, 1.807) is 23.5 Å². The number of benzene rings is 1. The molecule has 20 heavy (non-hydrogen) atoms. The van der Waals surface area contributed by atoms with Gasteiger partial charge in [0, 0.05) is 38.9 Å². The number of nitrogens with zero attached hydrogens (tertiary/aromatic N) is 1. The van der Waals surface area contributed by atoms with Crippen molar-refractivity contribution in [2.45, 2.75) is 13.1 Å². The quantitative estimate of drug-likeness (QED) is 0.333. The lowest BCUT2D eigenvalue weighted by molar-refractivity contribution is 0.318. The van der Waals surface area contributed by atoms with E-state index in [0.717, 1.165) is 4.47 Å². The van der Waals surface area contributed by atoms with Gasteiger partial charge in [0.15, 0.2) is 5.84 Å². The molecule has 1 aromatic heterocycles. The van der Waals surface area contributed by atoms with Gasteiger partial charge in [-0.25, -0.2) is 4.39 Å². The zero-order valence-electron chi connectivity index (χ0n) is 10.4. The van der Waals surface area contributed by atoms with Gasteiger partial charge in [-0.2, -0.15) is 0 Å². The number of halogens is 2. The maximum atomic E-state index is 13.8. The lowest BCUT2D eigenvalue weighted by Crippen LogP contribution is -2.16. The van der Waals surface area contributed by atoms with Crippen molar-refractivity contribution in [2.24, 2.45) is 10.9 Å². The second-order valence-electron chi connectivity index (χ2n) is 4.13. The standard InChI is InChI=1S/C13H13BrFN3OS/c14-10-4-11(20-7-10)6-17-5-9-2-1-8(3-12(9)15)13(16)18-19/h1-4,7,17,19H,5-6H2,(H2,16,18). The molecule has 0 unspecified atom stereocenters. The third kappa shape index (κ3) is 3.78. The Morgan fingerprint density at radius 1 is 1.40 bits per heavy atom. The molecule has 0 aliphatic carbocycles. The molecule has 106 valence electrons. The molecule has 0 spiro atoms. The molecule has 0 aliphatic rings. The van der Waals surface area contributed by atoms with Crippen LogP contribution in [0.25, 0.3) is 0 Å². The van der Waals surface area contributed by atoms with E-state index >= 15 is 0 Å². The third-order valence-electron chi connectivity index (χ3n) is 2.69. The number of amidine groups is 1. The monoisotopic (exact) mass is 357 g/mol. The molecule has 4 nitrogen and oxygen atoms in total. The molecular formula is C13H13BrFN3OS. The van der Waals surface area contributed by atoms with Crippen LogP contribution in [0.1, 0.15) is 16.0 Å². The number of nitrogens with one attached hydrogen (secondary N) is 1. The first-order chi connectivity index (χ1) is 9.60. The molecule has 0 saturated carbocycles. The molecule has 7 heteroatoms. The predicted molar refractivity (Wildman–Crippen MR) is 81.5 cm³/mol. The van der Waals surface area contributed by atoms with Gasteiger partial charge in [-0.05, 0) is 28.1 Å². The van der Waals surface area contributed by atoms with Crippen molar-refractivity contribution < 1.29 is 9.60 Å². The van der Waals surface area contributed by atoms with E-state index in [1.165, 1.54) is 10.9 Å². The lowest BCUT2D eigenvalue weighted by atomic mass is 10.1. The largest absolute Gasteiger partial charge is 0.409 e. The number of thiophene rings is 1. The van der Waals surface area contributed by atoms with E-state index in [0.29, 0.717) is 24.2 Å². The van der Waals surface area contributed by atoms with Gasteiger partial charge < -0.3 is 16.3 Å². The average Bonchev–Trinajstić information content (AvgIpc) is 2.85. The molecule has 0 fully saturated rings. The Bertz CT molecular complexity index is 630. The minimum atomic E-state index is -0.381. The van der Waals surface area contributed by atoms with Crippen LogP contribution in [-0.4, -0.2) is 11.0 Å². The van der Waals surface area contributed by atoms with Crippen molar-refractivity contribution >= 4 is 33.1 Å². The molecule has 1 aromatic carbocycles. The highest BCUT2D eigenvalue weighted by Crippen LogP contribution is 2.19. The van der Waals surface area contributed by atoms with Crippen molar-refractivity contribution in [2.75, 3.05) is 0 Å². The van der Waals surface area contributed by atoms with Crippen LogP contribution in [-0.2, 0) is 13.1 Å². The fourth-order valence-corrected chi connectivity index (χ4v) is 3.10. The molecule has 1 heterocycles. The second-order valence-corrected chi connectivity index (χ2v) is 6.04. The highest BCUT2D eigenvalue weighted by atomic mass is 79.9. The lowest BCUT2D eigenvalue weighted by Gasteiger charge is -2.06. The fraction of sp³-hybridized carbons (Fsp3) is 0.154. The number of nitrogens with two attached hydrogens (primary N) is 1. The van der Waals surface area contributed by atoms with E-state index in [2.05, 4.69) is 26.4 Å². The summed E-state index contributed by atoms with van der Waals surface area (Å²) >= 11 is 5.02. The Morgan fingerprint density at radius 2 is 2.20 bits per heavy atom.